The Morgan fingerprint density at radius 3 is 2.79 bits per heavy atom. The monoisotopic (exact) mass is 276 g/mol. The van der Waals surface area contributed by atoms with E-state index in [2.05, 4.69) is 21.8 Å². The van der Waals surface area contributed by atoms with Gasteiger partial charge in [0.15, 0.2) is 0 Å². The predicted molar refractivity (Wildman–Crippen MR) is 73.5 cm³/mol. The number of benzene rings is 1. The standard InChI is InChI=1S/C12H14N5OS/c1-3-16(10-7-5-4-6-8-10)11(18)9-17-12(19-2)13-14-15-17/h4-8H,2-3,9H2,1H3. The van der Waals surface area contributed by atoms with Gasteiger partial charge in [0, 0.05) is 18.5 Å². The van der Waals surface area contributed by atoms with Gasteiger partial charge in [0.05, 0.1) is 0 Å². The second-order valence-electron chi connectivity index (χ2n) is 3.74. The maximum atomic E-state index is 12.3. The molecule has 0 aliphatic rings. The highest BCUT2D eigenvalue weighted by Gasteiger charge is 2.16. The van der Waals surface area contributed by atoms with Crippen molar-refractivity contribution in [3.05, 3.63) is 36.6 Å². The van der Waals surface area contributed by atoms with Crippen LogP contribution in [0, 0.1) is 6.26 Å². The van der Waals surface area contributed by atoms with Crippen LogP contribution in [0.5, 0.6) is 0 Å². The molecule has 99 valence electrons. The predicted octanol–water partition coefficient (Wildman–Crippen LogP) is 1.61. The summed E-state index contributed by atoms with van der Waals surface area (Å²) in [5.74, 6) is -0.0590. The molecule has 1 heterocycles. The molecule has 0 aliphatic heterocycles. The summed E-state index contributed by atoms with van der Waals surface area (Å²) in [6.07, 6.45) is 3.65. The number of rotatable bonds is 5. The summed E-state index contributed by atoms with van der Waals surface area (Å²) in [6, 6.07) is 9.52. The van der Waals surface area contributed by atoms with Crippen molar-refractivity contribution in [3.63, 3.8) is 0 Å². The van der Waals surface area contributed by atoms with Gasteiger partial charge in [0.25, 0.3) is 0 Å². The van der Waals surface area contributed by atoms with Crippen LogP contribution in [0.2, 0.25) is 0 Å². The quantitative estimate of drug-likeness (QED) is 0.776. The topological polar surface area (TPSA) is 63.9 Å². The molecule has 1 aromatic heterocycles. The van der Waals surface area contributed by atoms with Crippen molar-refractivity contribution in [1.29, 1.82) is 0 Å². The first kappa shape index (κ1) is 13.5. The molecular formula is C12H14N5OS. The molecule has 6 nitrogen and oxygen atoms in total. The molecule has 2 rings (SSSR count). The van der Waals surface area contributed by atoms with Crippen LogP contribution in [0.4, 0.5) is 5.69 Å². The molecule has 1 amide bonds. The number of likely N-dealkylation sites (N-methyl/N-ethyl adjacent to an activating group) is 1. The summed E-state index contributed by atoms with van der Waals surface area (Å²) in [4.78, 5) is 14.0. The third-order valence-corrected chi connectivity index (χ3v) is 3.15. The summed E-state index contributed by atoms with van der Waals surface area (Å²) in [6.45, 7) is 2.63. The van der Waals surface area contributed by atoms with E-state index in [9.17, 15) is 4.79 Å². The Labute approximate surface area is 115 Å². The average Bonchev–Trinajstić information content (AvgIpc) is 2.88. The Morgan fingerprint density at radius 1 is 1.42 bits per heavy atom. The van der Waals surface area contributed by atoms with Gasteiger partial charge in [-0.15, -0.1) is 5.10 Å². The van der Waals surface area contributed by atoms with Crippen molar-refractivity contribution < 1.29 is 4.79 Å². The number of hydrogen-bond acceptors (Lipinski definition) is 5. The zero-order chi connectivity index (χ0) is 13.7. The molecule has 0 bridgehead atoms. The minimum atomic E-state index is -0.0590. The lowest BCUT2D eigenvalue weighted by molar-refractivity contribution is -0.119. The minimum Gasteiger partial charge on any atom is -0.311 e. The highest BCUT2D eigenvalue weighted by molar-refractivity contribution is 8.00. The molecule has 2 aromatic rings. The Hall–Kier alpha value is -1.89. The van der Waals surface area contributed by atoms with E-state index in [4.69, 9.17) is 0 Å². The summed E-state index contributed by atoms with van der Waals surface area (Å²) in [7, 11) is 0. The number of aromatic nitrogens is 4. The summed E-state index contributed by atoms with van der Waals surface area (Å²) in [5.41, 5.74) is 0.868. The van der Waals surface area contributed by atoms with Gasteiger partial charge in [-0.2, -0.15) is 0 Å². The molecule has 0 fully saturated rings. The Bertz CT molecular complexity index is 542. The number of nitrogens with zero attached hydrogens (tertiary/aromatic N) is 5. The average molecular weight is 276 g/mol. The maximum Gasteiger partial charge on any atom is 0.248 e. The summed E-state index contributed by atoms with van der Waals surface area (Å²) < 4.78 is 1.45. The van der Waals surface area contributed by atoms with Crippen molar-refractivity contribution in [2.24, 2.45) is 0 Å². The van der Waals surface area contributed by atoms with Crippen molar-refractivity contribution in [1.82, 2.24) is 20.2 Å². The van der Waals surface area contributed by atoms with Gasteiger partial charge in [-0.25, -0.2) is 4.68 Å². The largest absolute Gasteiger partial charge is 0.311 e. The molecule has 0 saturated heterocycles. The van der Waals surface area contributed by atoms with Crippen LogP contribution in [0.25, 0.3) is 0 Å². The minimum absolute atomic E-state index is 0.0590. The molecular weight excluding hydrogens is 262 g/mol. The lowest BCUT2D eigenvalue weighted by atomic mass is 10.3. The van der Waals surface area contributed by atoms with Crippen molar-refractivity contribution >= 4 is 23.4 Å². The highest BCUT2D eigenvalue weighted by atomic mass is 32.2. The number of anilines is 1. The number of tetrazole rings is 1. The summed E-state index contributed by atoms with van der Waals surface area (Å²) >= 11 is 1.17. The third kappa shape index (κ3) is 3.11. The summed E-state index contributed by atoms with van der Waals surface area (Å²) in [5, 5.41) is 11.6. The van der Waals surface area contributed by atoms with Crippen LogP contribution in [0.1, 0.15) is 6.92 Å². The fraction of sp³-hybridized carbons (Fsp3) is 0.250. The molecule has 0 N–H and O–H groups in total. The van der Waals surface area contributed by atoms with Gasteiger partial charge in [0.2, 0.25) is 11.1 Å². The molecule has 0 atom stereocenters. The number of para-hydroxylation sites is 1. The van der Waals surface area contributed by atoms with Crippen LogP contribution in [0.15, 0.2) is 35.5 Å². The number of amides is 1. The first-order valence-electron chi connectivity index (χ1n) is 5.80. The zero-order valence-electron chi connectivity index (χ0n) is 10.6. The first-order valence-corrected chi connectivity index (χ1v) is 6.78. The fourth-order valence-electron chi connectivity index (χ4n) is 1.72. The Kier molecular flexibility index (Phi) is 4.51. The number of carbonyl (C=O) groups excluding carboxylic acids is 1. The van der Waals surface area contributed by atoms with Gasteiger partial charge in [0.1, 0.15) is 6.54 Å². The van der Waals surface area contributed by atoms with E-state index in [0.717, 1.165) is 5.69 Å². The van der Waals surface area contributed by atoms with Crippen molar-refractivity contribution in [2.75, 3.05) is 11.4 Å². The molecule has 1 radical (unpaired) electrons. The lowest BCUT2D eigenvalue weighted by Crippen LogP contribution is -2.34. The van der Waals surface area contributed by atoms with Crippen LogP contribution in [-0.2, 0) is 11.3 Å². The lowest BCUT2D eigenvalue weighted by Gasteiger charge is -2.20. The van der Waals surface area contributed by atoms with Crippen LogP contribution < -0.4 is 4.90 Å². The normalized spacial score (nSPS) is 10.4. The maximum absolute atomic E-state index is 12.3. The van der Waals surface area contributed by atoms with E-state index < -0.39 is 0 Å². The second-order valence-corrected chi connectivity index (χ2v) is 4.39. The van der Waals surface area contributed by atoms with Gasteiger partial charge in [-0.1, -0.05) is 30.0 Å². The number of thioether (sulfide) groups is 1. The first-order chi connectivity index (χ1) is 9.26. The Balaban J connectivity index is 2.14. The van der Waals surface area contributed by atoms with E-state index in [0.29, 0.717) is 11.7 Å². The molecule has 0 unspecified atom stereocenters. The van der Waals surface area contributed by atoms with Gasteiger partial charge in [-0.05, 0) is 29.5 Å². The third-order valence-electron chi connectivity index (χ3n) is 2.60. The van der Waals surface area contributed by atoms with Crippen molar-refractivity contribution in [3.8, 4) is 0 Å². The molecule has 0 saturated carbocycles. The molecule has 7 heteroatoms. The number of hydrogen-bond donors (Lipinski definition) is 0. The highest BCUT2D eigenvalue weighted by Crippen LogP contribution is 2.15. The molecule has 0 spiro atoms. The van der Waals surface area contributed by atoms with Crippen LogP contribution in [-0.4, -0.2) is 32.7 Å². The van der Waals surface area contributed by atoms with Gasteiger partial charge < -0.3 is 4.90 Å². The second kappa shape index (κ2) is 6.33. The van der Waals surface area contributed by atoms with E-state index in [1.165, 1.54) is 16.4 Å². The van der Waals surface area contributed by atoms with E-state index in [1.807, 2.05) is 37.3 Å². The smallest absolute Gasteiger partial charge is 0.248 e. The molecule has 1 aromatic carbocycles. The van der Waals surface area contributed by atoms with Gasteiger partial charge in [-0.3, -0.25) is 4.79 Å². The fourth-order valence-corrected chi connectivity index (χ4v) is 2.07. The Morgan fingerprint density at radius 2 is 2.16 bits per heavy atom. The van der Waals surface area contributed by atoms with E-state index >= 15 is 0 Å². The van der Waals surface area contributed by atoms with Crippen molar-refractivity contribution in [2.45, 2.75) is 18.6 Å². The zero-order valence-corrected chi connectivity index (χ0v) is 11.4. The van der Waals surface area contributed by atoms with E-state index in [-0.39, 0.29) is 12.5 Å². The van der Waals surface area contributed by atoms with E-state index in [1.54, 1.807) is 4.90 Å². The molecule has 19 heavy (non-hydrogen) atoms. The number of carbonyl (C=O) groups is 1. The SMILES string of the molecule is [CH2]Sc1nnnn1CC(=O)N(CC)c1ccccc1. The van der Waals surface area contributed by atoms with Gasteiger partial charge >= 0.3 is 0 Å². The van der Waals surface area contributed by atoms with Crippen LogP contribution >= 0.6 is 11.8 Å². The van der Waals surface area contributed by atoms with Crippen LogP contribution in [0.3, 0.4) is 0 Å². The molecule has 0 aliphatic carbocycles.